The van der Waals surface area contributed by atoms with Gasteiger partial charge in [-0.05, 0) is 42.5 Å². The van der Waals surface area contributed by atoms with E-state index in [1.165, 1.54) is 14.1 Å². The molecule has 0 bridgehead atoms. The number of hydrogen-bond acceptors (Lipinski definition) is 3. The lowest BCUT2D eigenvalue weighted by Crippen LogP contribution is -2.53. The summed E-state index contributed by atoms with van der Waals surface area (Å²) in [5, 5.41) is 0. The zero-order chi connectivity index (χ0) is 16.9. The highest BCUT2D eigenvalue weighted by Gasteiger charge is 2.41. The van der Waals surface area contributed by atoms with Gasteiger partial charge in [-0.3, -0.25) is 19.4 Å². The molecule has 23 heavy (non-hydrogen) atoms. The fourth-order valence-corrected chi connectivity index (χ4v) is 3.13. The van der Waals surface area contributed by atoms with Gasteiger partial charge in [-0.25, -0.2) is 4.79 Å². The molecular formula is C18H18N2O3. The zero-order valence-corrected chi connectivity index (χ0v) is 13.6. The van der Waals surface area contributed by atoms with Crippen LogP contribution in [0.2, 0.25) is 0 Å². The number of fused-ring (bicyclic) bond motifs is 1. The van der Waals surface area contributed by atoms with Crippen LogP contribution < -0.4 is 0 Å². The quantitative estimate of drug-likeness (QED) is 0.547. The van der Waals surface area contributed by atoms with Crippen LogP contribution in [0.25, 0.3) is 11.1 Å². The monoisotopic (exact) mass is 310 g/mol. The molecule has 0 aromatic heterocycles. The van der Waals surface area contributed by atoms with E-state index in [-0.39, 0.29) is 5.57 Å². The van der Waals surface area contributed by atoms with E-state index in [4.69, 9.17) is 0 Å². The predicted octanol–water partition coefficient (Wildman–Crippen LogP) is 2.69. The molecule has 1 aliphatic carbocycles. The van der Waals surface area contributed by atoms with Crippen molar-refractivity contribution in [2.45, 2.75) is 20.3 Å². The number of imide groups is 2. The molecule has 1 fully saturated rings. The average molecular weight is 310 g/mol. The Kier molecular flexibility index (Phi) is 3.43. The van der Waals surface area contributed by atoms with Crippen molar-refractivity contribution in [3.63, 3.8) is 0 Å². The van der Waals surface area contributed by atoms with Gasteiger partial charge in [-0.2, -0.15) is 0 Å². The van der Waals surface area contributed by atoms with Gasteiger partial charge < -0.3 is 0 Å². The molecule has 1 aromatic carbocycles. The SMILES string of the molecule is CC(C)=C1CC(=C2C(=O)N(C)C(=O)N(C)C2=O)c2ccccc21. The summed E-state index contributed by atoms with van der Waals surface area (Å²) in [7, 11) is 2.80. The second-order valence-electron chi connectivity index (χ2n) is 6.07. The Bertz CT molecular complexity index is 787. The van der Waals surface area contributed by atoms with Crippen LogP contribution in [0.5, 0.6) is 0 Å². The lowest BCUT2D eigenvalue weighted by Gasteiger charge is -2.30. The first-order valence-corrected chi connectivity index (χ1v) is 7.44. The van der Waals surface area contributed by atoms with Gasteiger partial charge in [0.1, 0.15) is 5.57 Å². The Morgan fingerprint density at radius 1 is 0.913 bits per heavy atom. The van der Waals surface area contributed by atoms with Gasteiger partial charge in [0.2, 0.25) is 0 Å². The van der Waals surface area contributed by atoms with Crippen molar-refractivity contribution in [2.24, 2.45) is 0 Å². The first-order chi connectivity index (χ1) is 10.8. The van der Waals surface area contributed by atoms with E-state index in [1.54, 1.807) is 0 Å². The highest BCUT2D eigenvalue weighted by molar-refractivity contribution is 6.32. The van der Waals surface area contributed by atoms with Gasteiger partial charge in [0.25, 0.3) is 11.8 Å². The van der Waals surface area contributed by atoms with E-state index in [1.807, 2.05) is 38.1 Å². The summed E-state index contributed by atoms with van der Waals surface area (Å²) < 4.78 is 0. The van der Waals surface area contributed by atoms with Gasteiger partial charge in [-0.15, -0.1) is 0 Å². The molecule has 0 saturated carbocycles. The molecule has 1 aliphatic heterocycles. The molecule has 5 nitrogen and oxygen atoms in total. The molecule has 5 heteroatoms. The number of urea groups is 1. The van der Waals surface area contributed by atoms with Crippen molar-refractivity contribution < 1.29 is 14.4 Å². The first kappa shape index (κ1) is 15.2. The third kappa shape index (κ3) is 2.11. The van der Waals surface area contributed by atoms with E-state index < -0.39 is 17.8 Å². The molecule has 3 rings (SSSR count). The lowest BCUT2D eigenvalue weighted by atomic mass is 9.98. The van der Waals surface area contributed by atoms with E-state index in [2.05, 4.69) is 0 Å². The molecule has 2 aliphatic rings. The number of nitrogens with zero attached hydrogens (tertiary/aromatic N) is 2. The molecule has 0 spiro atoms. The van der Waals surface area contributed by atoms with Crippen molar-refractivity contribution in [2.75, 3.05) is 14.1 Å². The molecule has 0 unspecified atom stereocenters. The molecule has 1 aromatic rings. The third-order valence-corrected chi connectivity index (χ3v) is 4.45. The first-order valence-electron chi connectivity index (χ1n) is 7.44. The van der Waals surface area contributed by atoms with Crippen LogP contribution in [0.1, 0.15) is 31.4 Å². The highest BCUT2D eigenvalue weighted by atomic mass is 16.2. The molecule has 0 N–H and O–H groups in total. The number of rotatable bonds is 0. The molecule has 0 radical (unpaired) electrons. The van der Waals surface area contributed by atoms with Crippen LogP contribution in [0.4, 0.5) is 4.79 Å². The summed E-state index contributed by atoms with van der Waals surface area (Å²) in [4.78, 5) is 39.0. The van der Waals surface area contributed by atoms with Crippen molar-refractivity contribution in [1.29, 1.82) is 0 Å². The second-order valence-corrected chi connectivity index (χ2v) is 6.07. The van der Waals surface area contributed by atoms with Gasteiger partial charge in [-0.1, -0.05) is 29.8 Å². The fourth-order valence-electron chi connectivity index (χ4n) is 3.13. The van der Waals surface area contributed by atoms with Crippen LogP contribution in [-0.2, 0) is 9.59 Å². The number of benzene rings is 1. The number of allylic oxidation sites excluding steroid dienone is 3. The molecule has 1 saturated heterocycles. The largest absolute Gasteiger partial charge is 0.333 e. The normalized spacial score (nSPS) is 18.1. The number of hydrogen-bond donors (Lipinski definition) is 0. The Balaban J connectivity index is 2.27. The number of amides is 4. The summed E-state index contributed by atoms with van der Waals surface area (Å²) in [6.07, 6.45) is 0.532. The van der Waals surface area contributed by atoms with Crippen LogP contribution in [0.3, 0.4) is 0 Å². The highest BCUT2D eigenvalue weighted by Crippen LogP contribution is 2.44. The fraction of sp³-hybridized carbons (Fsp3) is 0.278. The molecule has 0 atom stereocenters. The van der Waals surface area contributed by atoms with E-state index in [9.17, 15) is 14.4 Å². The minimum atomic E-state index is -0.599. The second kappa shape index (κ2) is 5.19. The standard InChI is InChI=1S/C18H18N2O3/c1-10(2)13-9-14(12-8-6-5-7-11(12)13)15-16(21)19(3)18(23)20(4)17(15)22/h5-8H,9H2,1-4H3. The summed E-state index contributed by atoms with van der Waals surface area (Å²) in [5.41, 5.74) is 5.04. The third-order valence-electron chi connectivity index (χ3n) is 4.45. The summed E-state index contributed by atoms with van der Waals surface area (Å²) in [5.74, 6) is -1.06. The van der Waals surface area contributed by atoms with Crippen LogP contribution in [0.15, 0.2) is 35.4 Å². The van der Waals surface area contributed by atoms with Gasteiger partial charge in [0.05, 0.1) is 0 Å². The lowest BCUT2D eigenvalue weighted by molar-refractivity contribution is -0.134. The van der Waals surface area contributed by atoms with Crippen LogP contribution >= 0.6 is 0 Å². The summed E-state index contributed by atoms with van der Waals surface area (Å²) in [6, 6.07) is 7.16. The Labute approximate surface area is 134 Å². The molecule has 4 amide bonds. The minimum Gasteiger partial charge on any atom is -0.268 e. The van der Waals surface area contributed by atoms with Crippen molar-refractivity contribution >= 4 is 29.0 Å². The Hall–Kier alpha value is -2.69. The van der Waals surface area contributed by atoms with Gasteiger partial charge in [0, 0.05) is 14.1 Å². The van der Waals surface area contributed by atoms with Crippen molar-refractivity contribution in [3.8, 4) is 0 Å². The molecule has 118 valence electrons. The summed E-state index contributed by atoms with van der Waals surface area (Å²) >= 11 is 0. The summed E-state index contributed by atoms with van der Waals surface area (Å²) in [6.45, 7) is 4.04. The van der Waals surface area contributed by atoms with E-state index >= 15 is 0 Å². The predicted molar refractivity (Wildman–Crippen MR) is 87.2 cm³/mol. The van der Waals surface area contributed by atoms with E-state index in [0.29, 0.717) is 12.0 Å². The minimum absolute atomic E-state index is 0.0956. The topological polar surface area (TPSA) is 57.7 Å². The maximum Gasteiger partial charge on any atom is 0.333 e. The number of carbonyl (C=O) groups excluding carboxylic acids is 3. The van der Waals surface area contributed by atoms with Gasteiger partial charge in [0.15, 0.2) is 0 Å². The Morgan fingerprint density at radius 2 is 1.43 bits per heavy atom. The van der Waals surface area contributed by atoms with E-state index in [0.717, 1.165) is 32.1 Å². The van der Waals surface area contributed by atoms with Crippen LogP contribution in [-0.4, -0.2) is 41.7 Å². The number of barbiturate groups is 1. The van der Waals surface area contributed by atoms with Gasteiger partial charge >= 0.3 is 6.03 Å². The molecular weight excluding hydrogens is 292 g/mol. The maximum atomic E-state index is 12.5. The average Bonchev–Trinajstić information content (AvgIpc) is 2.91. The van der Waals surface area contributed by atoms with Crippen molar-refractivity contribution in [1.82, 2.24) is 9.80 Å². The van der Waals surface area contributed by atoms with Crippen molar-refractivity contribution in [3.05, 3.63) is 46.5 Å². The molecule has 1 heterocycles. The number of carbonyl (C=O) groups is 3. The maximum absolute atomic E-state index is 12.5. The van der Waals surface area contributed by atoms with Crippen LogP contribution in [0, 0.1) is 0 Å². The Morgan fingerprint density at radius 3 is 1.96 bits per heavy atom. The zero-order valence-electron chi connectivity index (χ0n) is 13.6. The smallest absolute Gasteiger partial charge is 0.268 e. The number of likely N-dealkylation sites (N-methyl/N-ethyl adjacent to an activating group) is 2.